The lowest BCUT2D eigenvalue weighted by Gasteiger charge is -2.15. The lowest BCUT2D eigenvalue weighted by Crippen LogP contribution is -2.35. The van der Waals surface area contributed by atoms with E-state index in [1.807, 2.05) is 0 Å². The fourth-order valence-corrected chi connectivity index (χ4v) is 6.03. The summed E-state index contributed by atoms with van der Waals surface area (Å²) in [5, 5.41) is 4.00. The normalized spacial score (nSPS) is 16.5. The number of hydrogen-bond acceptors (Lipinski definition) is 6. The maximum Gasteiger partial charge on any atom is 0.324 e. The number of urea groups is 1. The van der Waals surface area contributed by atoms with E-state index in [1.165, 1.54) is 27.1 Å². The number of nitrogens with zero attached hydrogens (tertiary/aromatic N) is 3. The molecule has 3 heterocycles. The van der Waals surface area contributed by atoms with Crippen LogP contribution in [0.1, 0.15) is 43.6 Å². The molecular formula is C20H26N4O3S2. The maximum atomic E-state index is 13.4. The molecule has 9 heteroatoms. The molecule has 2 aromatic heterocycles. The van der Waals surface area contributed by atoms with Gasteiger partial charge in [0.05, 0.1) is 11.1 Å². The first kappa shape index (κ1) is 20.4. The van der Waals surface area contributed by atoms with Crippen LogP contribution in [0.5, 0.6) is 0 Å². The van der Waals surface area contributed by atoms with Gasteiger partial charge in [0.15, 0.2) is 5.16 Å². The molecule has 1 N–H and O–H groups in total. The number of rotatable bonds is 6. The topological polar surface area (TPSA) is 84.3 Å². The molecule has 0 bridgehead atoms. The number of imide groups is 1. The molecular weight excluding hydrogens is 408 g/mol. The summed E-state index contributed by atoms with van der Waals surface area (Å²) in [6.07, 6.45) is 5.12. The van der Waals surface area contributed by atoms with Crippen molar-refractivity contribution < 1.29 is 9.59 Å². The van der Waals surface area contributed by atoms with Gasteiger partial charge in [0.2, 0.25) is 5.91 Å². The summed E-state index contributed by atoms with van der Waals surface area (Å²) in [7, 11) is 0. The van der Waals surface area contributed by atoms with E-state index in [0.29, 0.717) is 30.7 Å². The summed E-state index contributed by atoms with van der Waals surface area (Å²) < 4.78 is 1.74. The van der Waals surface area contributed by atoms with Crippen LogP contribution < -0.4 is 10.9 Å². The Kier molecular flexibility index (Phi) is 5.96. The molecule has 3 amide bonds. The van der Waals surface area contributed by atoms with E-state index < -0.39 is 0 Å². The van der Waals surface area contributed by atoms with Crippen molar-refractivity contribution in [1.82, 2.24) is 19.8 Å². The van der Waals surface area contributed by atoms with Crippen molar-refractivity contribution in [2.45, 2.75) is 57.7 Å². The number of aromatic nitrogens is 2. The Morgan fingerprint density at radius 2 is 2.07 bits per heavy atom. The number of amides is 3. The second-order valence-corrected chi connectivity index (χ2v) is 10.0. The van der Waals surface area contributed by atoms with E-state index in [1.54, 1.807) is 15.9 Å². The molecule has 1 aliphatic heterocycles. The third kappa shape index (κ3) is 4.07. The lowest BCUT2D eigenvalue weighted by molar-refractivity contribution is -0.124. The van der Waals surface area contributed by atoms with E-state index >= 15 is 0 Å². The summed E-state index contributed by atoms with van der Waals surface area (Å²) >= 11 is 2.88. The van der Waals surface area contributed by atoms with Gasteiger partial charge in [0.25, 0.3) is 5.56 Å². The predicted octanol–water partition coefficient (Wildman–Crippen LogP) is 3.03. The quantitative estimate of drug-likeness (QED) is 0.558. The Morgan fingerprint density at radius 3 is 2.79 bits per heavy atom. The molecule has 29 heavy (non-hydrogen) atoms. The Balaban J connectivity index is 1.67. The van der Waals surface area contributed by atoms with E-state index in [2.05, 4.69) is 19.2 Å². The van der Waals surface area contributed by atoms with Crippen LogP contribution in [0.2, 0.25) is 0 Å². The van der Waals surface area contributed by atoms with Gasteiger partial charge in [-0.05, 0) is 43.6 Å². The third-order valence-electron chi connectivity index (χ3n) is 5.45. The minimum atomic E-state index is -0.345. The number of carbonyl (C=O) groups excluding carboxylic acids is 2. The SMILES string of the molecule is CC(C)CCn1c(SCC(=O)N2CCNC2=O)nc2sc3c(c2c1=O)CCCC3. The number of thiophene rings is 1. The standard InChI is InChI=1S/C20H26N4O3S2/c1-12(2)7-9-24-18(26)16-13-5-3-4-6-14(13)29-17(16)22-20(24)28-11-15(25)23-10-8-21-19(23)27/h12H,3-11H2,1-2H3,(H,21,27). The number of fused-ring (bicyclic) bond motifs is 3. The summed E-state index contributed by atoms with van der Waals surface area (Å²) in [5.74, 6) is 0.306. The molecule has 2 aromatic rings. The van der Waals surface area contributed by atoms with Crippen molar-refractivity contribution in [2.75, 3.05) is 18.8 Å². The first-order chi connectivity index (χ1) is 14.0. The van der Waals surface area contributed by atoms with Crippen LogP contribution >= 0.6 is 23.1 Å². The molecule has 0 aromatic carbocycles. The third-order valence-corrected chi connectivity index (χ3v) is 7.60. The number of aryl methyl sites for hydroxylation is 2. The van der Waals surface area contributed by atoms with Crippen LogP contribution in [0, 0.1) is 5.92 Å². The largest absolute Gasteiger partial charge is 0.336 e. The number of nitrogens with one attached hydrogen (secondary N) is 1. The minimum absolute atomic E-state index is 0.0175. The highest BCUT2D eigenvalue weighted by Gasteiger charge is 2.27. The Morgan fingerprint density at radius 1 is 1.28 bits per heavy atom. The van der Waals surface area contributed by atoms with Crippen LogP contribution in [0.25, 0.3) is 10.2 Å². The van der Waals surface area contributed by atoms with Crippen molar-refractivity contribution >= 4 is 45.3 Å². The fraction of sp³-hybridized carbons (Fsp3) is 0.600. The summed E-state index contributed by atoms with van der Waals surface area (Å²) in [4.78, 5) is 45.7. The molecule has 156 valence electrons. The second kappa shape index (κ2) is 8.47. The van der Waals surface area contributed by atoms with E-state index in [-0.39, 0.29) is 23.3 Å². The van der Waals surface area contributed by atoms with Gasteiger partial charge in [-0.15, -0.1) is 11.3 Å². The van der Waals surface area contributed by atoms with Crippen LogP contribution in [0.15, 0.2) is 9.95 Å². The van der Waals surface area contributed by atoms with Gasteiger partial charge in [0.1, 0.15) is 4.83 Å². The van der Waals surface area contributed by atoms with E-state index in [9.17, 15) is 14.4 Å². The predicted molar refractivity (Wildman–Crippen MR) is 116 cm³/mol. The number of hydrogen-bond donors (Lipinski definition) is 1. The van der Waals surface area contributed by atoms with Crippen molar-refractivity contribution in [3.05, 3.63) is 20.8 Å². The Labute approximate surface area is 177 Å². The molecule has 7 nitrogen and oxygen atoms in total. The zero-order valence-electron chi connectivity index (χ0n) is 16.8. The molecule has 4 rings (SSSR count). The average molecular weight is 435 g/mol. The summed E-state index contributed by atoms with van der Waals surface area (Å²) in [5.41, 5.74) is 1.21. The van der Waals surface area contributed by atoms with Gasteiger partial charge in [-0.25, -0.2) is 9.78 Å². The first-order valence-corrected chi connectivity index (χ1v) is 12.0. The molecule has 0 radical (unpaired) electrons. The highest BCUT2D eigenvalue weighted by Crippen LogP contribution is 2.34. The maximum absolute atomic E-state index is 13.4. The van der Waals surface area contributed by atoms with Crippen LogP contribution in [0.4, 0.5) is 4.79 Å². The molecule has 0 unspecified atom stereocenters. The van der Waals surface area contributed by atoms with Gasteiger partial charge < -0.3 is 5.32 Å². The number of thioether (sulfide) groups is 1. The lowest BCUT2D eigenvalue weighted by atomic mass is 9.97. The molecule has 0 atom stereocenters. The summed E-state index contributed by atoms with van der Waals surface area (Å²) in [6, 6.07) is -0.345. The summed E-state index contributed by atoms with van der Waals surface area (Å²) in [6.45, 7) is 5.73. The van der Waals surface area contributed by atoms with Gasteiger partial charge in [-0.1, -0.05) is 25.6 Å². The van der Waals surface area contributed by atoms with Crippen LogP contribution in [0.3, 0.4) is 0 Å². The van der Waals surface area contributed by atoms with Crippen molar-refractivity contribution in [1.29, 1.82) is 0 Å². The van der Waals surface area contributed by atoms with Crippen LogP contribution in [-0.2, 0) is 24.2 Å². The zero-order chi connectivity index (χ0) is 20.5. The smallest absolute Gasteiger partial charge is 0.324 e. The van der Waals surface area contributed by atoms with Gasteiger partial charge in [-0.3, -0.25) is 19.1 Å². The molecule has 0 spiro atoms. The molecule has 0 saturated carbocycles. The van der Waals surface area contributed by atoms with E-state index in [4.69, 9.17) is 4.98 Å². The highest BCUT2D eigenvalue weighted by atomic mass is 32.2. The Bertz CT molecular complexity index is 1010. The highest BCUT2D eigenvalue weighted by molar-refractivity contribution is 7.99. The van der Waals surface area contributed by atoms with Crippen LogP contribution in [-0.4, -0.2) is 45.2 Å². The molecule has 1 saturated heterocycles. The average Bonchev–Trinajstić information content (AvgIpc) is 3.28. The molecule has 1 aliphatic carbocycles. The monoisotopic (exact) mass is 434 g/mol. The van der Waals surface area contributed by atoms with Crippen molar-refractivity contribution in [3.8, 4) is 0 Å². The molecule has 1 fully saturated rings. The van der Waals surface area contributed by atoms with Crippen molar-refractivity contribution in [2.24, 2.45) is 5.92 Å². The van der Waals surface area contributed by atoms with Gasteiger partial charge in [0, 0.05) is 24.5 Å². The molecule has 2 aliphatic rings. The van der Waals surface area contributed by atoms with Crippen molar-refractivity contribution in [3.63, 3.8) is 0 Å². The minimum Gasteiger partial charge on any atom is -0.336 e. The fourth-order valence-electron chi connectivity index (χ4n) is 3.83. The first-order valence-electron chi connectivity index (χ1n) is 10.2. The van der Waals surface area contributed by atoms with E-state index in [0.717, 1.165) is 42.3 Å². The Hall–Kier alpha value is -1.87. The van der Waals surface area contributed by atoms with Gasteiger partial charge >= 0.3 is 6.03 Å². The zero-order valence-corrected chi connectivity index (χ0v) is 18.5. The number of carbonyl (C=O) groups is 2. The second-order valence-electron chi connectivity index (χ2n) is 7.99. The van der Waals surface area contributed by atoms with Gasteiger partial charge in [-0.2, -0.15) is 0 Å².